The quantitative estimate of drug-likeness (QED) is 0.833. The van der Waals surface area contributed by atoms with E-state index in [1.807, 2.05) is 6.07 Å². The molecule has 2 N–H and O–H groups in total. The molecular weight excluding hydrogens is 229 g/mol. The Morgan fingerprint density at radius 1 is 1.33 bits per heavy atom. The largest absolute Gasteiger partial charge is 0.399 e. The molecule has 0 amide bonds. The van der Waals surface area contributed by atoms with Crippen LogP contribution >= 0.6 is 0 Å². The zero-order valence-electron chi connectivity index (χ0n) is 11.2. The number of benzene rings is 1. The summed E-state index contributed by atoms with van der Waals surface area (Å²) in [6, 6.07) is 5.38. The topological polar surface area (TPSA) is 32.5 Å². The van der Waals surface area contributed by atoms with E-state index in [1.165, 1.54) is 18.9 Å². The highest BCUT2D eigenvalue weighted by Gasteiger charge is 2.20. The van der Waals surface area contributed by atoms with Crippen LogP contribution in [0.15, 0.2) is 18.2 Å². The summed E-state index contributed by atoms with van der Waals surface area (Å²) in [7, 11) is 4.26. The highest BCUT2D eigenvalue weighted by atomic mass is 19.1. The van der Waals surface area contributed by atoms with E-state index in [1.54, 1.807) is 6.07 Å². The summed E-state index contributed by atoms with van der Waals surface area (Å²) in [5, 5.41) is 0. The van der Waals surface area contributed by atoms with E-state index < -0.39 is 0 Å². The summed E-state index contributed by atoms with van der Waals surface area (Å²) in [4.78, 5) is 4.66. The van der Waals surface area contributed by atoms with E-state index in [4.69, 9.17) is 5.73 Å². The lowest BCUT2D eigenvalue weighted by molar-refractivity contribution is 0.139. The van der Waals surface area contributed by atoms with E-state index in [2.05, 4.69) is 23.9 Å². The molecule has 18 heavy (non-hydrogen) atoms. The van der Waals surface area contributed by atoms with Crippen LogP contribution in [0.2, 0.25) is 0 Å². The predicted octanol–water partition coefficient (Wildman–Crippen LogP) is 1.93. The second kappa shape index (κ2) is 5.67. The molecule has 1 aromatic rings. The molecule has 0 saturated carbocycles. The van der Waals surface area contributed by atoms with E-state index >= 15 is 0 Å². The van der Waals surface area contributed by atoms with Gasteiger partial charge in [-0.2, -0.15) is 0 Å². The van der Waals surface area contributed by atoms with Gasteiger partial charge in [0.1, 0.15) is 5.82 Å². The zero-order valence-corrected chi connectivity index (χ0v) is 11.2. The number of hydrogen-bond acceptors (Lipinski definition) is 3. The van der Waals surface area contributed by atoms with Gasteiger partial charge in [-0.25, -0.2) is 4.39 Å². The Balaban J connectivity index is 1.96. The first-order chi connectivity index (χ1) is 8.54. The summed E-state index contributed by atoms with van der Waals surface area (Å²) < 4.78 is 13.3. The molecule has 100 valence electrons. The third kappa shape index (κ3) is 3.43. The summed E-state index contributed by atoms with van der Waals surface area (Å²) >= 11 is 0. The molecule has 0 atom stereocenters. The van der Waals surface area contributed by atoms with Crippen molar-refractivity contribution in [3.05, 3.63) is 29.6 Å². The van der Waals surface area contributed by atoms with E-state index in [0.717, 1.165) is 25.2 Å². The van der Waals surface area contributed by atoms with Crippen LogP contribution < -0.4 is 5.73 Å². The number of nitrogen functional groups attached to an aromatic ring is 1. The maximum atomic E-state index is 13.3. The van der Waals surface area contributed by atoms with Gasteiger partial charge in [0.25, 0.3) is 0 Å². The molecule has 0 bridgehead atoms. The maximum absolute atomic E-state index is 13.3. The third-order valence-corrected chi connectivity index (χ3v) is 3.72. The summed E-state index contributed by atoms with van der Waals surface area (Å²) in [5.41, 5.74) is 7.12. The maximum Gasteiger partial charge on any atom is 0.125 e. The molecular formula is C14H22FN3. The first-order valence-electron chi connectivity index (χ1n) is 6.48. The first kappa shape index (κ1) is 13.3. The van der Waals surface area contributed by atoms with Crippen molar-refractivity contribution in [1.29, 1.82) is 0 Å². The van der Waals surface area contributed by atoms with E-state index in [9.17, 15) is 4.39 Å². The summed E-state index contributed by atoms with van der Waals surface area (Å²) in [5.74, 6) is -0.248. The van der Waals surface area contributed by atoms with Crippen LogP contribution in [0.5, 0.6) is 0 Å². The van der Waals surface area contributed by atoms with Crippen LogP contribution in [0.25, 0.3) is 0 Å². The fourth-order valence-corrected chi connectivity index (χ4v) is 2.62. The Morgan fingerprint density at radius 2 is 2.00 bits per heavy atom. The van der Waals surface area contributed by atoms with Gasteiger partial charge in [0, 0.05) is 18.3 Å². The van der Waals surface area contributed by atoms with Crippen LogP contribution in [-0.4, -0.2) is 43.0 Å². The molecule has 1 aliphatic heterocycles. The minimum Gasteiger partial charge on any atom is -0.399 e. The normalized spacial score (nSPS) is 18.4. The number of halogens is 1. The number of piperidine rings is 1. The molecule has 0 radical (unpaired) electrons. The van der Waals surface area contributed by atoms with Gasteiger partial charge in [0.2, 0.25) is 0 Å². The van der Waals surface area contributed by atoms with Crippen LogP contribution in [0.3, 0.4) is 0 Å². The summed E-state index contributed by atoms with van der Waals surface area (Å²) in [6.45, 7) is 3.04. The van der Waals surface area contributed by atoms with Gasteiger partial charge in [-0.15, -0.1) is 0 Å². The number of hydrogen-bond donors (Lipinski definition) is 1. The molecule has 1 saturated heterocycles. The minimum absolute atomic E-state index is 0.248. The Kier molecular flexibility index (Phi) is 4.19. The molecule has 1 aromatic carbocycles. The number of nitrogens with two attached hydrogens (primary N) is 1. The average molecular weight is 251 g/mol. The van der Waals surface area contributed by atoms with Crippen molar-refractivity contribution < 1.29 is 4.39 Å². The molecule has 1 fully saturated rings. The second-order valence-corrected chi connectivity index (χ2v) is 5.34. The Bertz CT molecular complexity index is 380. The fourth-order valence-electron chi connectivity index (χ4n) is 2.62. The predicted molar refractivity (Wildman–Crippen MR) is 72.8 cm³/mol. The Morgan fingerprint density at radius 3 is 2.61 bits per heavy atom. The van der Waals surface area contributed by atoms with Crippen LogP contribution in [0.1, 0.15) is 18.4 Å². The minimum atomic E-state index is -0.248. The van der Waals surface area contributed by atoms with Gasteiger partial charge < -0.3 is 10.6 Å². The summed E-state index contributed by atoms with van der Waals surface area (Å²) in [6.07, 6.45) is 2.36. The highest BCUT2D eigenvalue weighted by Crippen LogP contribution is 2.18. The van der Waals surface area contributed by atoms with Gasteiger partial charge in [0.15, 0.2) is 0 Å². The highest BCUT2D eigenvalue weighted by molar-refractivity contribution is 5.41. The average Bonchev–Trinajstić information content (AvgIpc) is 2.28. The van der Waals surface area contributed by atoms with Crippen molar-refractivity contribution in [1.82, 2.24) is 9.80 Å². The third-order valence-electron chi connectivity index (χ3n) is 3.72. The monoisotopic (exact) mass is 251 g/mol. The van der Waals surface area contributed by atoms with Crippen molar-refractivity contribution in [3.8, 4) is 0 Å². The van der Waals surface area contributed by atoms with Crippen molar-refractivity contribution in [3.63, 3.8) is 0 Å². The number of rotatable bonds is 3. The second-order valence-electron chi connectivity index (χ2n) is 5.34. The van der Waals surface area contributed by atoms with E-state index in [-0.39, 0.29) is 5.82 Å². The zero-order chi connectivity index (χ0) is 13.1. The van der Waals surface area contributed by atoms with Gasteiger partial charge >= 0.3 is 0 Å². The number of anilines is 1. The van der Waals surface area contributed by atoms with Crippen molar-refractivity contribution in [2.45, 2.75) is 25.4 Å². The smallest absolute Gasteiger partial charge is 0.125 e. The molecule has 4 heteroatoms. The van der Waals surface area contributed by atoms with Gasteiger partial charge in [-0.05, 0) is 63.8 Å². The lowest BCUT2D eigenvalue weighted by atomic mass is 10.0. The first-order valence-corrected chi connectivity index (χ1v) is 6.48. The van der Waals surface area contributed by atoms with Crippen LogP contribution in [-0.2, 0) is 6.54 Å². The Labute approximate surface area is 108 Å². The van der Waals surface area contributed by atoms with Crippen molar-refractivity contribution in [2.24, 2.45) is 0 Å². The van der Waals surface area contributed by atoms with Crippen molar-refractivity contribution in [2.75, 3.05) is 32.9 Å². The van der Waals surface area contributed by atoms with Gasteiger partial charge in [0.05, 0.1) is 0 Å². The van der Waals surface area contributed by atoms with Crippen LogP contribution in [0.4, 0.5) is 10.1 Å². The molecule has 2 rings (SSSR count). The standard InChI is InChI=1S/C14H22FN3/c1-17-5-3-14(4-6-17)18(2)10-11-7-12(15)9-13(16)8-11/h7-9,14H,3-6,10,16H2,1-2H3. The molecule has 1 aliphatic rings. The van der Waals surface area contributed by atoms with Crippen LogP contribution in [0, 0.1) is 5.82 Å². The van der Waals surface area contributed by atoms with Gasteiger partial charge in [-0.1, -0.05) is 0 Å². The van der Waals surface area contributed by atoms with E-state index in [0.29, 0.717) is 11.7 Å². The molecule has 1 heterocycles. The Hall–Kier alpha value is -1.13. The molecule has 0 aliphatic carbocycles. The fraction of sp³-hybridized carbons (Fsp3) is 0.571. The number of likely N-dealkylation sites (tertiary alicyclic amines) is 1. The molecule has 0 aromatic heterocycles. The number of nitrogens with zero attached hydrogens (tertiary/aromatic N) is 2. The SMILES string of the molecule is CN1CCC(N(C)Cc2cc(N)cc(F)c2)CC1. The van der Waals surface area contributed by atoms with Crippen molar-refractivity contribution >= 4 is 5.69 Å². The molecule has 0 spiro atoms. The molecule has 3 nitrogen and oxygen atoms in total. The lowest BCUT2D eigenvalue weighted by Crippen LogP contribution is -2.41. The molecule has 0 unspecified atom stereocenters. The van der Waals surface area contributed by atoms with Gasteiger partial charge in [-0.3, -0.25) is 4.90 Å². The lowest BCUT2D eigenvalue weighted by Gasteiger charge is -2.35.